The minimum absolute atomic E-state index is 0.719. The molecule has 3 nitrogen and oxygen atoms in total. The molecule has 1 aliphatic rings. The lowest BCUT2D eigenvalue weighted by Crippen LogP contribution is -2.46. The van der Waals surface area contributed by atoms with Gasteiger partial charge in [-0.15, -0.1) is 0 Å². The largest absolute Gasteiger partial charge is 0.317 e. The van der Waals surface area contributed by atoms with Crippen molar-refractivity contribution in [1.29, 1.82) is 0 Å². The van der Waals surface area contributed by atoms with Gasteiger partial charge in [0.2, 0.25) is 0 Å². The number of hydrogen-bond acceptors (Lipinski definition) is 3. The summed E-state index contributed by atoms with van der Waals surface area (Å²) in [5, 5.41) is 3.38. The Morgan fingerprint density at radius 2 is 1.69 bits per heavy atom. The van der Waals surface area contributed by atoms with E-state index in [1.807, 2.05) is 0 Å². The van der Waals surface area contributed by atoms with Gasteiger partial charge in [0, 0.05) is 32.2 Å². The highest BCUT2D eigenvalue weighted by Crippen LogP contribution is 2.06. The van der Waals surface area contributed by atoms with Crippen LogP contribution >= 0.6 is 0 Å². The van der Waals surface area contributed by atoms with Crippen LogP contribution in [0.1, 0.15) is 33.1 Å². The molecule has 0 aliphatic carbocycles. The number of hydrogen-bond donors (Lipinski definition) is 1. The molecule has 1 rings (SSSR count). The molecule has 1 fully saturated rings. The number of nitrogens with zero attached hydrogens (tertiary/aromatic N) is 2. The van der Waals surface area contributed by atoms with E-state index in [4.69, 9.17) is 0 Å². The zero-order valence-corrected chi connectivity index (χ0v) is 11.3. The molecule has 1 unspecified atom stereocenters. The zero-order chi connectivity index (χ0) is 11.8. The van der Waals surface area contributed by atoms with E-state index in [1.54, 1.807) is 0 Å². The van der Waals surface area contributed by atoms with Crippen molar-refractivity contribution in [3.63, 3.8) is 0 Å². The van der Waals surface area contributed by atoms with E-state index < -0.39 is 0 Å². The van der Waals surface area contributed by atoms with Crippen LogP contribution in [0.2, 0.25) is 0 Å². The summed E-state index contributed by atoms with van der Waals surface area (Å²) >= 11 is 0. The summed E-state index contributed by atoms with van der Waals surface area (Å²) in [6, 6.07) is 0.719. The second-order valence-corrected chi connectivity index (χ2v) is 4.81. The lowest BCUT2D eigenvalue weighted by atomic mass is 10.1. The minimum atomic E-state index is 0.719. The van der Waals surface area contributed by atoms with Crippen LogP contribution in [-0.4, -0.2) is 62.2 Å². The number of nitrogens with one attached hydrogen (secondary N) is 1. The first-order valence-electron chi connectivity index (χ1n) is 6.92. The molecule has 0 saturated carbocycles. The smallest absolute Gasteiger partial charge is 0.0110 e. The van der Waals surface area contributed by atoms with Crippen molar-refractivity contribution in [3.8, 4) is 0 Å². The molecule has 1 atom stereocenters. The summed E-state index contributed by atoms with van der Waals surface area (Å²) in [4.78, 5) is 5.16. The Bertz CT molecular complexity index is 161. The van der Waals surface area contributed by atoms with Gasteiger partial charge >= 0.3 is 0 Å². The van der Waals surface area contributed by atoms with Crippen molar-refractivity contribution in [3.05, 3.63) is 0 Å². The molecule has 1 saturated heterocycles. The summed E-state index contributed by atoms with van der Waals surface area (Å²) in [6.45, 7) is 12.1. The molecule has 1 aliphatic heterocycles. The Kier molecular flexibility index (Phi) is 7.01. The van der Waals surface area contributed by atoms with Crippen molar-refractivity contribution in [1.82, 2.24) is 15.1 Å². The topological polar surface area (TPSA) is 18.5 Å². The van der Waals surface area contributed by atoms with E-state index in [0.29, 0.717) is 0 Å². The Balaban J connectivity index is 2.06. The molecule has 0 aromatic heterocycles. The first-order chi connectivity index (χ1) is 7.80. The van der Waals surface area contributed by atoms with Crippen LogP contribution in [0.3, 0.4) is 0 Å². The van der Waals surface area contributed by atoms with Crippen LogP contribution < -0.4 is 5.32 Å². The third-order valence-corrected chi connectivity index (χ3v) is 3.84. The molecule has 0 bridgehead atoms. The number of likely N-dealkylation sites (N-methyl/N-ethyl adjacent to an activating group) is 1. The predicted molar refractivity (Wildman–Crippen MR) is 70.9 cm³/mol. The first kappa shape index (κ1) is 13.9. The summed E-state index contributed by atoms with van der Waals surface area (Å²) in [5.41, 5.74) is 0. The summed E-state index contributed by atoms with van der Waals surface area (Å²) in [6.07, 6.45) is 3.91. The fourth-order valence-electron chi connectivity index (χ4n) is 2.44. The van der Waals surface area contributed by atoms with Gasteiger partial charge in [-0.3, -0.25) is 0 Å². The minimum Gasteiger partial charge on any atom is -0.317 e. The molecule has 96 valence electrons. The predicted octanol–water partition coefficient (Wildman–Crippen LogP) is 1.40. The van der Waals surface area contributed by atoms with Crippen molar-refractivity contribution < 1.29 is 0 Å². The van der Waals surface area contributed by atoms with Gasteiger partial charge < -0.3 is 15.1 Å². The van der Waals surface area contributed by atoms with E-state index >= 15 is 0 Å². The highest BCUT2D eigenvalue weighted by atomic mass is 15.3. The molecule has 1 N–H and O–H groups in total. The quantitative estimate of drug-likeness (QED) is 0.709. The van der Waals surface area contributed by atoms with E-state index in [-0.39, 0.29) is 0 Å². The average molecular weight is 227 g/mol. The third-order valence-electron chi connectivity index (χ3n) is 3.84. The van der Waals surface area contributed by atoms with Gasteiger partial charge in [0.1, 0.15) is 0 Å². The van der Waals surface area contributed by atoms with Crippen molar-refractivity contribution >= 4 is 0 Å². The molecular weight excluding hydrogens is 198 g/mol. The lowest BCUT2D eigenvalue weighted by Gasteiger charge is -2.34. The summed E-state index contributed by atoms with van der Waals surface area (Å²) in [7, 11) is 2.08. The van der Waals surface area contributed by atoms with E-state index in [9.17, 15) is 0 Å². The number of rotatable bonds is 7. The molecule has 0 spiro atoms. The molecular formula is C13H29N3. The molecule has 0 aromatic rings. The highest BCUT2D eigenvalue weighted by Gasteiger charge is 2.14. The maximum Gasteiger partial charge on any atom is 0.0110 e. The van der Waals surface area contributed by atoms with Crippen LogP contribution in [0.4, 0.5) is 0 Å². The molecule has 0 amide bonds. The molecule has 1 heterocycles. The monoisotopic (exact) mass is 227 g/mol. The van der Waals surface area contributed by atoms with Gasteiger partial charge in [0.25, 0.3) is 0 Å². The second kappa shape index (κ2) is 8.04. The molecule has 0 aromatic carbocycles. The summed E-state index contributed by atoms with van der Waals surface area (Å²) in [5.74, 6) is 0. The maximum atomic E-state index is 3.38. The maximum absolute atomic E-state index is 3.38. The summed E-state index contributed by atoms with van der Waals surface area (Å²) < 4.78 is 0. The van der Waals surface area contributed by atoms with E-state index in [0.717, 1.165) is 6.04 Å². The van der Waals surface area contributed by atoms with Crippen LogP contribution in [0, 0.1) is 0 Å². The average Bonchev–Trinajstić information content (AvgIpc) is 2.35. The van der Waals surface area contributed by atoms with Gasteiger partial charge in [-0.1, -0.05) is 13.8 Å². The number of piperazine rings is 1. The van der Waals surface area contributed by atoms with Gasteiger partial charge in [0.05, 0.1) is 0 Å². The van der Waals surface area contributed by atoms with Gasteiger partial charge in [-0.25, -0.2) is 0 Å². The van der Waals surface area contributed by atoms with Crippen LogP contribution in [-0.2, 0) is 0 Å². The van der Waals surface area contributed by atoms with Gasteiger partial charge in [-0.05, 0) is 39.4 Å². The lowest BCUT2D eigenvalue weighted by molar-refractivity contribution is 0.134. The second-order valence-electron chi connectivity index (χ2n) is 4.81. The SMILES string of the molecule is CCC(CCCN1CCN(CC)CC1)NC. The van der Waals surface area contributed by atoms with Crippen molar-refractivity contribution in [2.45, 2.75) is 39.2 Å². The highest BCUT2D eigenvalue weighted by molar-refractivity contribution is 4.71. The van der Waals surface area contributed by atoms with Gasteiger partial charge in [0.15, 0.2) is 0 Å². The molecule has 16 heavy (non-hydrogen) atoms. The third kappa shape index (κ3) is 4.81. The van der Waals surface area contributed by atoms with Crippen molar-refractivity contribution in [2.75, 3.05) is 46.3 Å². The van der Waals surface area contributed by atoms with E-state index in [1.165, 1.54) is 58.5 Å². The Labute approximate surface area is 101 Å². The fourth-order valence-corrected chi connectivity index (χ4v) is 2.44. The van der Waals surface area contributed by atoms with Gasteiger partial charge in [-0.2, -0.15) is 0 Å². The van der Waals surface area contributed by atoms with E-state index in [2.05, 4.69) is 36.0 Å². The Hall–Kier alpha value is -0.120. The van der Waals surface area contributed by atoms with Crippen molar-refractivity contribution in [2.24, 2.45) is 0 Å². The normalized spacial score (nSPS) is 21.2. The fraction of sp³-hybridized carbons (Fsp3) is 1.00. The van der Waals surface area contributed by atoms with Crippen LogP contribution in [0.5, 0.6) is 0 Å². The standard InChI is InChI=1S/C13H29N3/c1-4-13(14-3)7-6-8-16-11-9-15(5-2)10-12-16/h13-14H,4-12H2,1-3H3. The molecule has 3 heteroatoms. The first-order valence-corrected chi connectivity index (χ1v) is 6.92. The van der Waals surface area contributed by atoms with Crippen LogP contribution in [0.15, 0.2) is 0 Å². The van der Waals surface area contributed by atoms with Crippen LogP contribution in [0.25, 0.3) is 0 Å². The Morgan fingerprint density at radius 1 is 1.06 bits per heavy atom. The Morgan fingerprint density at radius 3 is 2.19 bits per heavy atom. The zero-order valence-electron chi connectivity index (χ0n) is 11.3. The molecule has 0 radical (unpaired) electrons.